The second kappa shape index (κ2) is 3.80. The van der Waals surface area contributed by atoms with Crippen molar-refractivity contribution >= 4 is 11.8 Å². The molecule has 0 unspecified atom stereocenters. The van der Waals surface area contributed by atoms with Crippen LogP contribution in [0.4, 0.5) is 0 Å². The van der Waals surface area contributed by atoms with Crippen LogP contribution in [0.5, 0.6) is 0 Å². The van der Waals surface area contributed by atoms with E-state index in [1.807, 2.05) is 6.92 Å². The molecule has 0 aliphatic rings. The molecule has 4 nitrogen and oxygen atoms in total. The quantitative estimate of drug-likeness (QED) is 0.721. The Labute approximate surface area is 75.4 Å². The van der Waals surface area contributed by atoms with Gasteiger partial charge in [0.15, 0.2) is 5.16 Å². The van der Waals surface area contributed by atoms with Crippen LogP contribution in [0, 0.1) is 0 Å². The molecule has 68 valence electrons. The Balaban J connectivity index is 2.92. The number of aromatic nitrogens is 3. The maximum atomic E-state index is 11.1. The van der Waals surface area contributed by atoms with Gasteiger partial charge in [-0.2, -0.15) is 0 Å². The monoisotopic (exact) mass is 187 g/mol. The largest absolute Gasteiger partial charge is 0.343 e. The van der Waals surface area contributed by atoms with Crippen molar-refractivity contribution in [3.63, 3.8) is 0 Å². The molecule has 1 rings (SSSR count). The summed E-state index contributed by atoms with van der Waals surface area (Å²) in [4.78, 5) is 11.1. The molecule has 12 heavy (non-hydrogen) atoms. The van der Waals surface area contributed by atoms with E-state index in [1.54, 1.807) is 16.3 Å². The Morgan fingerprint density at radius 3 is 2.83 bits per heavy atom. The molecule has 0 aliphatic heterocycles. The van der Waals surface area contributed by atoms with E-state index in [1.165, 1.54) is 0 Å². The highest BCUT2D eigenvalue weighted by Gasteiger charge is 2.07. The van der Waals surface area contributed by atoms with Crippen molar-refractivity contribution in [1.82, 2.24) is 14.8 Å². The highest BCUT2D eigenvalue weighted by Crippen LogP contribution is 2.18. The molecule has 0 radical (unpaired) electrons. The molecular weight excluding hydrogens is 174 g/mol. The van der Waals surface area contributed by atoms with Crippen molar-refractivity contribution in [1.29, 1.82) is 0 Å². The highest BCUT2D eigenvalue weighted by atomic mass is 32.2. The summed E-state index contributed by atoms with van der Waals surface area (Å²) in [5.74, 6) is 0. The van der Waals surface area contributed by atoms with E-state index in [4.69, 9.17) is 0 Å². The lowest BCUT2D eigenvalue weighted by atomic mass is 10.6. The molecular formula is C7H13N3OS. The lowest BCUT2D eigenvalue weighted by Gasteiger charge is -2.03. The molecule has 0 saturated heterocycles. The number of hydrogen-bond donors (Lipinski definition) is 1. The summed E-state index contributed by atoms with van der Waals surface area (Å²) in [6, 6.07) is 0. The number of hydrogen-bond acceptors (Lipinski definition) is 3. The summed E-state index contributed by atoms with van der Waals surface area (Å²) in [5.41, 5.74) is -0.124. The zero-order valence-corrected chi connectivity index (χ0v) is 8.31. The van der Waals surface area contributed by atoms with Gasteiger partial charge in [-0.3, -0.25) is 4.57 Å². The minimum absolute atomic E-state index is 0.124. The van der Waals surface area contributed by atoms with E-state index in [2.05, 4.69) is 24.0 Å². The van der Waals surface area contributed by atoms with Crippen LogP contribution in [0.3, 0.4) is 0 Å². The number of nitrogens with one attached hydrogen (secondary N) is 1. The van der Waals surface area contributed by atoms with Gasteiger partial charge in [-0.15, -0.1) is 5.10 Å². The second-order valence-electron chi connectivity index (χ2n) is 2.72. The maximum absolute atomic E-state index is 11.1. The Morgan fingerprint density at radius 2 is 2.33 bits per heavy atom. The van der Waals surface area contributed by atoms with Crippen LogP contribution in [-0.4, -0.2) is 20.0 Å². The van der Waals surface area contributed by atoms with Crippen LogP contribution in [0.1, 0.15) is 20.8 Å². The standard InChI is InChI=1S/C7H13N3OS/c1-4-10-6(11)8-9-7(10)12-5(2)3/h5H,4H2,1-3H3,(H,8,11). The van der Waals surface area contributed by atoms with Gasteiger partial charge in [0.1, 0.15) is 0 Å². The molecule has 0 fully saturated rings. The van der Waals surface area contributed by atoms with Gasteiger partial charge in [0.2, 0.25) is 0 Å². The van der Waals surface area contributed by atoms with Gasteiger partial charge >= 0.3 is 5.69 Å². The molecule has 0 atom stereocenters. The van der Waals surface area contributed by atoms with Crippen molar-refractivity contribution in [3.05, 3.63) is 10.5 Å². The molecule has 1 aromatic heterocycles. The molecule has 5 heteroatoms. The van der Waals surface area contributed by atoms with Crippen LogP contribution < -0.4 is 5.69 Å². The third kappa shape index (κ3) is 1.91. The summed E-state index contributed by atoms with van der Waals surface area (Å²) in [6.07, 6.45) is 0. The van der Waals surface area contributed by atoms with Gasteiger partial charge in [0.25, 0.3) is 0 Å². The summed E-state index contributed by atoms with van der Waals surface area (Å²) in [6.45, 7) is 6.75. The van der Waals surface area contributed by atoms with E-state index in [0.717, 1.165) is 5.16 Å². The van der Waals surface area contributed by atoms with Crippen molar-refractivity contribution in [2.24, 2.45) is 0 Å². The topological polar surface area (TPSA) is 50.7 Å². The number of aromatic amines is 1. The third-order valence-corrected chi connectivity index (χ3v) is 2.37. The van der Waals surface area contributed by atoms with Crippen LogP contribution in [0.2, 0.25) is 0 Å². The first kappa shape index (κ1) is 9.38. The summed E-state index contributed by atoms with van der Waals surface area (Å²) in [7, 11) is 0. The molecule has 0 bridgehead atoms. The third-order valence-electron chi connectivity index (χ3n) is 1.38. The first-order valence-electron chi connectivity index (χ1n) is 3.97. The van der Waals surface area contributed by atoms with E-state index >= 15 is 0 Å². The van der Waals surface area contributed by atoms with Gasteiger partial charge in [-0.05, 0) is 6.92 Å². The minimum atomic E-state index is -0.124. The molecule has 0 amide bonds. The Morgan fingerprint density at radius 1 is 1.67 bits per heavy atom. The fourth-order valence-corrected chi connectivity index (χ4v) is 1.74. The molecule has 0 spiro atoms. The number of H-pyrrole nitrogens is 1. The SMILES string of the molecule is CCn1c(SC(C)C)n[nH]c1=O. The molecule has 1 heterocycles. The average Bonchev–Trinajstić information content (AvgIpc) is 2.30. The predicted molar refractivity (Wildman–Crippen MR) is 49.5 cm³/mol. The summed E-state index contributed by atoms with van der Waals surface area (Å²) < 4.78 is 1.63. The zero-order chi connectivity index (χ0) is 9.14. The van der Waals surface area contributed by atoms with E-state index in [-0.39, 0.29) is 5.69 Å². The van der Waals surface area contributed by atoms with Crippen LogP contribution >= 0.6 is 11.8 Å². The zero-order valence-electron chi connectivity index (χ0n) is 7.50. The minimum Gasteiger partial charge on any atom is -0.270 e. The normalized spacial score (nSPS) is 11.0. The average molecular weight is 187 g/mol. The lowest BCUT2D eigenvalue weighted by molar-refractivity contribution is 0.659. The second-order valence-corrected chi connectivity index (χ2v) is 4.27. The van der Waals surface area contributed by atoms with Gasteiger partial charge in [-0.1, -0.05) is 25.6 Å². The number of nitrogens with zero attached hydrogens (tertiary/aromatic N) is 2. The van der Waals surface area contributed by atoms with E-state index < -0.39 is 0 Å². The van der Waals surface area contributed by atoms with Crippen LogP contribution in [0.25, 0.3) is 0 Å². The Bertz CT molecular complexity index is 302. The smallest absolute Gasteiger partial charge is 0.270 e. The highest BCUT2D eigenvalue weighted by molar-refractivity contribution is 7.99. The summed E-state index contributed by atoms with van der Waals surface area (Å²) in [5, 5.41) is 7.57. The Kier molecular flexibility index (Phi) is 2.97. The molecule has 0 aliphatic carbocycles. The van der Waals surface area contributed by atoms with E-state index in [0.29, 0.717) is 11.8 Å². The van der Waals surface area contributed by atoms with Crippen LogP contribution in [0.15, 0.2) is 9.95 Å². The van der Waals surface area contributed by atoms with Crippen molar-refractivity contribution in [3.8, 4) is 0 Å². The van der Waals surface area contributed by atoms with Crippen molar-refractivity contribution < 1.29 is 0 Å². The molecule has 1 N–H and O–H groups in total. The number of rotatable bonds is 3. The fraction of sp³-hybridized carbons (Fsp3) is 0.714. The predicted octanol–water partition coefficient (Wildman–Crippen LogP) is 1.09. The Hall–Kier alpha value is -0.710. The first-order valence-corrected chi connectivity index (χ1v) is 4.85. The van der Waals surface area contributed by atoms with Gasteiger partial charge in [0.05, 0.1) is 0 Å². The lowest BCUT2D eigenvalue weighted by Crippen LogP contribution is -2.16. The summed E-state index contributed by atoms with van der Waals surface area (Å²) >= 11 is 1.59. The molecule has 0 saturated carbocycles. The molecule has 0 aromatic carbocycles. The fourth-order valence-electron chi connectivity index (χ4n) is 0.883. The maximum Gasteiger partial charge on any atom is 0.343 e. The van der Waals surface area contributed by atoms with Gasteiger partial charge in [-0.25, -0.2) is 9.89 Å². The van der Waals surface area contributed by atoms with Crippen LogP contribution in [-0.2, 0) is 6.54 Å². The first-order chi connectivity index (χ1) is 5.65. The molecule has 1 aromatic rings. The number of thioether (sulfide) groups is 1. The van der Waals surface area contributed by atoms with Gasteiger partial charge < -0.3 is 0 Å². The van der Waals surface area contributed by atoms with Crippen molar-refractivity contribution in [2.75, 3.05) is 0 Å². The van der Waals surface area contributed by atoms with Crippen molar-refractivity contribution in [2.45, 2.75) is 37.7 Å². The van der Waals surface area contributed by atoms with E-state index in [9.17, 15) is 4.79 Å². The van der Waals surface area contributed by atoms with Gasteiger partial charge in [0, 0.05) is 11.8 Å².